The van der Waals surface area contributed by atoms with Crippen LogP contribution in [-0.4, -0.2) is 41.4 Å². The Morgan fingerprint density at radius 1 is 0.559 bits per heavy atom. The number of hydrogen-bond donors (Lipinski definition) is 0. The van der Waals surface area contributed by atoms with Crippen LogP contribution >= 0.6 is 0 Å². The van der Waals surface area contributed by atoms with Crippen LogP contribution in [0.25, 0.3) is 11.4 Å². The second-order valence-electron chi connectivity index (χ2n) is 7.89. The maximum Gasteiger partial charge on any atom is 0.283 e. The minimum Gasteiger partial charge on any atom is -0.246 e. The molecule has 2 aromatic rings. The van der Waals surface area contributed by atoms with Crippen molar-refractivity contribution in [2.24, 2.45) is 0 Å². The van der Waals surface area contributed by atoms with E-state index in [1.807, 2.05) is 30.3 Å². The quantitative estimate of drug-likeness (QED) is 0.177. The van der Waals surface area contributed by atoms with Gasteiger partial charge in [0.15, 0.2) is 5.82 Å². The Hall–Kier alpha value is -2.33. The Morgan fingerprint density at radius 2 is 0.941 bits per heavy atom. The van der Waals surface area contributed by atoms with Gasteiger partial charge in [-0.25, -0.2) is 19.4 Å². The number of unbranched alkanes of at least 4 members (excludes halogenated alkanes) is 4. The Kier molecular flexibility index (Phi) is 14.1. The lowest BCUT2D eigenvalue weighted by Crippen LogP contribution is -2.31. The van der Waals surface area contributed by atoms with Crippen LogP contribution in [0.15, 0.2) is 30.3 Å². The first-order valence-corrected chi connectivity index (χ1v) is 12.7. The van der Waals surface area contributed by atoms with E-state index in [4.69, 9.17) is 19.4 Å². The van der Waals surface area contributed by atoms with Crippen LogP contribution in [0.5, 0.6) is 0 Å². The predicted molar refractivity (Wildman–Crippen MR) is 134 cm³/mol. The SMILES string of the molecule is CCCCON(OCCCC)c1nc(-c2ccccc2)nc(N(OCCCC)OCCCC)n1. The summed E-state index contributed by atoms with van der Waals surface area (Å²) in [7, 11) is 0. The van der Waals surface area contributed by atoms with Crippen molar-refractivity contribution in [1.29, 1.82) is 0 Å². The van der Waals surface area contributed by atoms with E-state index < -0.39 is 0 Å². The van der Waals surface area contributed by atoms with Gasteiger partial charge in [0.05, 0.1) is 26.4 Å². The van der Waals surface area contributed by atoms with Gasteiger partial charge in [-0.1, -0.05) is 94.2 Å². The fourth-order valence-corrected chi connectivity index (χ4v) is 2.71. The number of benzene rings is 1. The molecule has 0 radical (unpaired) electrons. The normalized spacial score (nSPS) is 11.1. The highest BCUT2D eigenvalue weighted by Gasteiger charge is 2.21. The smallest absolute Gasteiger partial charge is 0.246 e. The zero-order valence-corrected chi connectivity index (χ0v) is 21.2. The molecule has 0 aliphatic rings. The molecule has 0 unspecified atom stereocenters. The molecule has 0 fully saturated rings. The van der Waals surface area contributed by atoms with E-state index in [1.165, 1.54) is 10.5 Å². The van der Waals surface area contributed by atoms with Crippen LogP contribution in [0.3, 0.4) is 0 Å². The van der Waals surface area contributed by atoms with Crippen LogP contribution in [0.4, 0.5) is 11.9 Å². The van der Waals surface area contributed by atoms with Gasteiger partial charge in [0.25, 0.3) is 11.9 Å². The Balaban J connectivity index is 2.42. The first-order chi connectivity index (χ1) is 16.7. The highest BCUT2D eigenvalue weighted by Crippen LogP contribution is 2.23. The molecule has 1 aromatic carbocycles. The molecular weight excluding hydrogens is 434 g/mol. The summed E-state index contributed by atoms with van der Waals surface area (Å²) >= 11 is 0. The van der Waals surface area contributed by atoms with E-state index in [0.717, 1.165) is 56.9 Å². The highest BCUT2D eigenvalue weighted by atomic mass is 17.0. The molecule has 2 rings (SSSR count). The average molecular weight is 476 g/mol. The van der Waals surface area contributed by atoms with Crippen LogP contribution in [-0.2, 0) is 19.4 Å². The molecule has 34 heavy (non-hydrogen) atoms. The summed E-state index contributed by atoms with van der Waals surface area (Å²) < 4.78 is 0. The fraction of sp³-hybridized carbons (Fsp3) is 0.640. The highest BCUT2D eigenvalue weighted by molar-refractivity contribution is 5.57. The van der Waals surface area contributed by atoms with Gasteiger partial charge in [-0.15, -0.1) is 0 Å². The van der Waals surface area contributed by atoms with Crippen molar-refractivity contribution in [3.8, 4) is 11.4 Å². The van der Waals surface area contributed by atoms with Gasteiger partial charge in [0.2, 0.25) is 0 Å². The molecule has 0 spiro atoms. The van der Waals surface area contributed by atoms with Crippen molar-refractivity contribution < 1.29 is 19.4 Å². The lowest BCUT2D eigenvalue weighted by molar-refractivity contribution is -0.0987. The Morgan fingerprint density at radius 3 is 1.29 bits per heavy atom. The molecule has 0 aliphatic heterocycles. The molecule has 0 saturated heterocycles. The first kappa shape index (κ1) is 27.9. The number of nitrogens with zero attached hydrogens (tertiary/aromatic N) is 5. The zero-order chi connectivity index (χ0) is 24.4. The summed E-state index contributed by atoms with van der Waals surface area (Å²) in [6.07, 6.45) is 7.59. The number of aromatic nitrogens is 3. The lowest BCUT2D eigenvalue weighted by Gasteiger charge is -2.24. The van der Waals surface area contributed by atoms with Gasteiger partial charge >= 0.3 is 0 Å². The minimum absolute atomic E-state index is 0.249. The van der Waals surface area contributed by atoms with Crippen molar-refractivity contribution in [2.45, 2.75) is 79.1 Å². The topological polar surface area (TPSA) is 82.1 Å². The third-order valence-electron chi connectivity index (χ3n) is 4.80. The summed E-state index contributed by atoms with van der Waals surface area (Å²) in [4.78, 5) is 37.5. The zero-order valence-electron chi connectivity index (χ0n) is 21.2. The summed E-state index contributed by atoms with van der Waals surface area (Å²) in [5.41, 5.74) is 0.844. The maximum atomic E-state index is 5.90. The third kappa shape index (κ3) is 9.89. The Labute approximate surface area is 204 Å². The van der Waals surface area contributed by atoms with Crippen molar-refractivity contribution in [1.82, 2.24) is 15.0 Å². The van der Waals surface area contributed by atoms with Crippen molar-refractivity contribution in [3.05, 3.63) is 30.3 Å². The monoisotopic (exact) mass is 475 g/mol. The molecule has 0 N–H and O–H groups in total. The first-order valence-electron chi connectivity index (χ1n) is 12.7. The molecule has 0 amide bonds. The van der Waals surface area contributed by atoms with E-state index in [9.17, 15) is 0 Å². The minimum atomic E-state index is 0.249. The molecule has 1 aromatic heterocycles. The number of anilines is 2. The van der Waals surface area contributed by atoms with Crippen molar-refractivity contribution in [3.63, 3.8) is 0 Å². The molecular formula is C25H41N5O4. The summed E-state index contributed by atoms with van der Waals surface area (Å²) in [6.45, 7) is 10.4. The summed E-state index contributed by atoms with van der Waals surface area (Å²) in [5, 5.41) is 2.61. The summed E-state index contributed by atoms with van der Waals surface area (Å²) in [5.74, 6) is 0.977. The van der Waals surface area contributed by atoms with Gasteiger partial charge in [-0.2, -0.15) is 15.0 Å². The van der Waals surface area contributed by atoms with E-state index in [2.05, 4.69) is 42.6 Å². The van der Waals surface area contributed by atoms with Gasteiger partial charge in [-0.3, -0.25) is 0 Å². The fourth-order valence-electron chi connectivity index (χ4n) is 2.71. The largest absolute Gasteiger partial charge is 0.283 e. The standard InChI is InChI=1S/C25H41N5O4/c1-5-9-18-31-29(32-19-10-6-2)24-26-23(22-16-14-13-15-17-22)27-25(28-24)30(33-20-11-7-3)34-21-12-8-4/h13-17H,5-12,18-21H2,1-4H3. The van der Waals surface area contributed by atoms with Gasteiger partial charge in [-0.05, 0) is 25.7 Å². The van der Waals surface area contributed by atoms with Crippen molar-refractivity contribution >= 4 is 11.9 Å². The van der Waals surface area contributed by atoms with E-state index >= 15 is 0 Å². The number of rotatable bonds is 19. The van der Waals surface area contributed by atoms with Gasteiger partial charge in [0, 0.05) is 5.56 Å². The van der Waals surface area contributed by atoms with E-state index in [0.29, 0.717) is 32.3 Å². The third-order valence-corrected chi connectivity index (χ3v) is 4.80. The van der Waals surface area contributed by atoms with Crippen molar-refractivity contribution in [2.75, 3.05) is 36.9 Å². The Bertz CT molecular complexity index is 719. The average Bonchev–Trinajstić information content (AvgIpc) is 2.87. The van der Waals surface area contributed by atoms with Gasteiger partial charge in [0.1, 0.15) is 0 Å². The molecule has 190 valence electrons. The predicted octanol–water partition coefficient (Wildman–Crippen LogP) is 6.08. The second kappa shape index (κ2) is 17.2. The molecule has 0 atom stereocenters. The molecule has 9 nitrogen and oxygen atoms in total. The van der Waals surface area contributed by atoms with Crippen LogP contribution < -0.4 is 10.5 Å². The number of hydrogen-bond acceptors (Lipinski definition) is 9. The molecule has 0 aliphatic carbocycles. The molecule has 0 saturated carbocycles. The van der Waals surface area contributed by atoms with E-state index in [-0.39, 0.29) is 11.9 Å². The molecule has 9 heteroatoms. The summed E-state index contributed by atoms with van der Waals surface area (Å²) in [6, 6.07) is 9.74. The lowest BCUT2D eigenvalue weighted by atomic mass is 10.2. The van der Waals surface area contributed by atoms with Gasteiger partial charge < -0.3 is 0 Å². The van der Waals surface area contributed by atoms with E-state index in [1.54, 1.807) is 0 Å². The van der Waals surface area contributed by atoms with Crippen LogP contribution in [0.2, 0.25) is 0 Å². The van der Waals surface area contributed by atoms with Crippen LogP contribution in [0.1, 0.15) is 79.1 Å². The molecule has 0 bridgehead atoms. The molecule has 1 heterocycles. The second-order valence-corrected chi connectivity index (χ2v) is 7.89. The maximum absolute atomic E-state index is 5.90. The van der Waals surface area contributed by atoms with Crippen LogP contribution in [0, 0.1) is 0 Å².